The van der Waals surface area contributed by atoms with Gasteiger partial charge in [0.05, 0.1) is 25.5 Å². The normalized spacial score (nSPS) is 35.3. The lowest BCUT2D eigenvalue weighted by atomic mass is 9.54. The topological polar surface area (TPSA) is 63.9 Å². The number of hydrogen-bond donors (Lipinski definition) is 1. The molecule has 5 rings (SSSR count). The van der Waals surface area contributed by atoms with Crippen molar-refractivity contribution in [3.8, 4) is 0 Å². The summed E-state index contributed by atoms with van der Waals surface area (Å²) in [6, 6.07) is 0.505. The van der Waals surface area contributed by atoms with Crippen LogP contribution in [0.1, 0.15) is 43.8 Å². The second-order valence-corrected chi connectivity index (χ2v) is 8.61. The van der Waals surface area contributed by atoms with Gasteiger partial charge in [-0.2, -0.15) is 5.10 Å². The fourth-order valence-corrected chi connectivity index (χ4v) is 5.99. The van der Waals surface area contributed by atoms with Crippen LogP contribution in [0.3, 0.4) is 0 Å². The Morgan fingerprint density at radius 1 is 1.30 bits per heavy atom. The van der Waals surface area contributed by atoms with E-state index in [0.717, 1.165) is 31.2 Å². The molecule has 148 valence electrons. The molecule has 3 heterocycles. The lowest BCUT2D eigenvalue weighted by Gasteiger charge is -2.57. The highest BCUT2D eigenvalue weighted by Gasteiger charge is 2.65. The summed E-state index contributed by atoms with van der Waals surface area (Å²) in [6.45, 7) is 3.33. The van der Waals surface area contributed by atoms with Crippen LogP contribution in [-0.4, -0.2) is 66.1 Å². The van der Waals surface area contributed by atoms with E-state index >= 15 is 0 Å². The van der Waals surface area contributed by atoms with Gasteiger partial charge in [-0.15, -0.1) is 0 Å². The molecule has 0 bridgehead atoms. The molecule has 1 spiro atoms. The molecule has 0 radical (unpaired) electrons. The molecule has 0 aromatic carbocycles. The van der Waals surface area contributed by atoms with E-state index in [4.69, 9.17) is 9.47 Å². The Morgan fingerprint density at radius 2 is 2.15 bits per heavy atom. The van der Waals surface area contributed by atoms with Gasteiger partial charge in [-0.3, -0.25) is 9.67 Å². The van der Waals surface area contributed by atoms with Crippen molar-refractivity contribution in [3.05, 3.63) is 18.0 Å². The first-order chi connectivity index (χ1) is 13.2. The van der Waals surface area contributed by atoms with Gasteiger partial charge in [0, 0.05) is 56.4 Å². The second-order valence-electron chi connectivity index (χ2n) is 8.61. The molecule has 1 N–H and O–H groups in total. The number of nitrogens with one attached hydrogen (secondary N) is 1. The zero-order valence-corrected chi connectivity index (χ0v) is 16.4. The van der Waals surface area contributed by atoms with Crippen LogP contribution in [0.2, 0.25) is 0 Å². The molecule has 4 unspecified atom stereocenters. The van der Waals surface area contributed by atoms with Crippen LogP contribution >= 0.6 is 0 Å². The maximum absolute atomic E-state index is 6.14. The summed E-state index contributed by atoms with van der Waals surface area (Å²) in [5.41, 5.74) is 1.48. The van der Waals surface area contributed by atoms with Crippen molar-refractivity contribution in [2.24, 2.45) is 23.4 Å². The number of aromatic nitrogens is 2. The first-order valence-corrected chi connectivity index (χ1v) is 10.4. The Morgan fingerprint density at radius 3 is 2.89 bits per heavy atom. The third-order valence-electron chi connectivity index (χ3n) is 7.25. The Kier molecular flexibility index (Phi) is 4.39. The number of guanidine groups is 1. The molecule has 2 aliphatic carbocycles. The predicted octanol–water partition coefficient (Wildman–Crippen LogP) is 1.72. The highest BCUT2D eigenvalue weighted by molar-refractivity contribution is 5.80. The standard InChI is InChI=1S/C20H31N5O2/c1-21-19(25-8-10-26-16(13-25)14-11-22-24(2)12-14)23-17-15-5-9-27-18(15)20(17)6-3-4-7-20/h11-12,15-18H,3-10,13H2,1-2H3,(H,21,23). The van der Waals surface area contributed by atoms with Crippen molar-refractivity contribution in [3.63, 3.8) is 0 Å². The molecule has 2 saturated carbocycles. The minimum Gasteiger partial charge on any atom is -0.377 e. The molecule has 27 heavy (non-hydrogen) atoms. The molecule has 7 heteroatoms. The van der Waals surface area contributed by atoms with Gasteiger partial charge < -0.3 is 19.7 Å². The van der Waals surface area contributed by atoms with Crippen molar-refractivity contribution in [1.82, 2.24) is 20.0 Å². The van der Waals surface area contributed by atoms with Gasteiger partial charge in [-0.1, -0.05) is 12.8 Å². The molecule has 2 aliphatic heterocycles. The summed E-state index contributed by atoms with van der Waals surface area (Å²) in [5, 5.41) is 8.17. The average molecular weight is 374 g/mol. The molecule has 2 saturated heterocycles. The lowest BCUT2D eigenvalue weighted by molar-refractivity contribution is -0.125. The van der Waals surface area contributed by atoms with Crippen LogP contribution in [-0.2, 0) is 16.5 Å². The zero-order chi connectivity index (χ0) is 18.4. The van der Waals surface area contributed by atoms with E-state index in [1.807, 2.05) is 31.2 Å². The number of ether oxygens (including phenoxy) is 2. The van der Waals surface area contributed by atoms with Gasteiger partial charge in [0.15, 0.2) is 5.96 Å². The lowest BCUT2D eigenvalue weighted by Crippen LogP contribution is -2.69. The SMILES string of the molecule is CN=C(NC1C2CCOC2C12CCCC2)N1CCOC(c2cnn(C)c2)C1. The first-order valence-electron chi connectivity index (χ1n) is 10.4. The van der Waals surface area contributed by atoms with E-state index in [-0.39, 0.29) is 6.10 Å². The smallest absolute Gasteiger partial charge is 0.194 e. The third-order valence-corrected chi connectivity index (χ3v) is 7.25. The van der Waals surface area contributed by atoms with E-state index < -0.39 is 0 Å². The highest BCUT2D eigenvalue weighted by atomic mass is 16.5. The number of morpholine rings is 1. The Hall–Kier alpha value is -1.60. The monoisotopic (exact) mass is 373 g/mol. The number of aryl methyl sites for hydroxylation is 1. The van der Waals surface area contributed by atoms with Crippen LogP contribution in [0.4, 0.5) is 0 Å². The van der Waals surface area contributed by atoms with Crippen molar-refractivity contribution >= 4 is 5.96 Å². The summed E-state index contributed by atoms with van der Waals surface area (Å²) in [5.74, 6) is 1.67. The van der Waals surface area contributed by atoms with Crippen molar-refractivity contribution in [2.45, 2.75) is 50.4 Å². The largest absolute Gasteiger partial charge is 0.377 e. The van der Waals surface area contributed by atoms with E-state index in [0.29, 0.717) is 30.1 Å². The number of nitrogens with zero attached hydrogens (tertiary/aromatic N) is 4. The number of aliphatic imine (C=N–C) groups is 1. The Bertz CT molecular complexity index is 711. The number of rotatable bonds is 2. The predicted molar refractivity (Wildman–Crippen MR) is 103 cm³/mol. The van der Waals surface area contributed by atoms with E-state index in [1.54, 1.807) is 0 Å². The minimum absolute atomic E-state index is 0.0513. The molecule has 4 atom stereocenters. The average Bonchev–Trinajstić information content (AvgIpc) is 3.42. The quantitative estimate of drug-likeness (QED) is 0.632. The highest BCUT2D eigenvalue weighted by Crippen LogP contribution is 2.60. The van der Waals surface area contributed by atoms with Crippen molar-refractivity contribution < 1.29 is 9.47 Å². The van der Waals surface area contributed by atoms with Gasteiger partial charge >= 0.3 is 0 Å². The maximum Gasteiger partial charge on any atom is 0.194 e. The third kappa shape index (κ3) is 2.78. The molecule has 4 aliphatic rings. The zero-order valence-electron chi connectivity index (χ0n) is 16.4. The van der Waals surface area contributed by atoms with Gasteiger partial charge in [-0.05, 0) is 19.3 Å². The van der Waals surface area contributed by atoms with E-state index in [9.17, 15) is 0 Å². The molecule has 7 nitrogen and oxygen atoms in total. The molecule has 1 aromatic heterocycles. The van der Waals surface area contributed by atoms with Crippen LogP contribution in [0.15, 0.2) is 17.4 Å². The summed E-state index contributed by atoms with van der Waals surface area (Å²) in [4.78, 5) is 7.00. The van der Waals surface area contributed by atoms with Gasteiger partial charge in [0.25, 0.3) is 0 Å². The van der Waals surface area contributed by atoms with Crippen LogP contribution in [0, 0.1) is 11.3 Å². The maximum atomic E-state index is 6.14. The molecular weight excluding hydrogens is 342 g/mol. The minimum atomic E-state index is 0.0513. The fraction of sp³-hybridized carbons (Fsp3) is 0.800. The fourth-order valence-electron chi connectivity index (χ4n) is 5.99. The van der Waals surface area contributed by atoms with Gasteiger partial charge in [0.2, 0.25) is 0 Å². The van der Waals surface area contributed by atoms with Crippen LogP contribution < -0.4 is 5.32 Å². The Balaban J connectivity index is 1.30. The van der Waals surface area contributed by atoms with E-state index in [1.165, 1.54) is 32.1 Å². The summed E-state index contributed by atoms with van der Waals surface area (Å²) in [7, 11) is 3.85. The van der Waals surface area contributed by atoms with Crippen molar-refractivity contribution in [1.29, 1.82) is 0 Å². The summed E-state index contributed by atoms with van der Waals surface area (Å²) >= 11 is 0. The Labute approximate surface area is 161 Å². The van der Waals surface area contributed by atoms with Crippen LogP contribution in [0.25, 0.3) is 0 Å². The molecule has 0 amide bonds. The van der Waals surface area contributed by atoms with Crippen molar-refractivity contribution in [2.75, 3.05) is 33.4 Å². The number of fused-ring (bicyclic) bond motifs is 2. The number of hydrogen-bond acceptors (Lipinski definition) is 4. The molecule has 1 aromatic rings. The molecular formula is C20H31N5O2. The van der Waals surface area contributed by atoms with E-state index in [2.05, 4.69) is 20.3 Å². The first kappa shape index (κ1) is 17.5. The van der Waals surface area contributed by atoms with Crippen LogP contribution in [0.5, 0.6) is 0 Å². The van der Waals surface area contributed by atoms with Gasteiger partial charge in [0.1, 0.15) is 6.10 Å². The summed E-state index contributed by atoms with van der Waals surface area (Å²) in [6.07, 6.45) is 10.9. The second kappa shape index (κ2) is 6.78. The van der Waals surface area contributed by atoms with Gasteiger partial charge in [-0.25, -0.2) is 0 Å². The molecule has 4 fully saturated rings. The summed E-state index contributed by atoms with van der Waals surface area (Å²) < 4.78 is 14.0.